The van der Waals surface area contributed by atoms with Crippen LogP contribution in [0.15, 0.2) is 42.7 Å². The van der Waals surface area contributed by atoms with Crippen LogP contribution in [0, 0.1) is 17.7 Å². The maximum absolute atomic E-state index is 15.5. The van der Waals surface area contributed by atoms with Crippen molar-refractivity contribution >= 4 is 28.7 Å². The standard InChI is InChI=1S/C34H47FN4O5S/c1-31(2,3)44-30(41)39-21-33(42,23-9-10-23)20-28(39)29(40)37-27-19-25(11-12-26(27)35)34(16-13-22-7-8-22,24-14-17-36-18-15-24)38-45(43)32(4,5)6/h11-12,14-15,17-19,22-23,28,38,42H,7-10,13,16,20-21H2,1-6H3,(H,37,40)/t28-,33-,34-,45-/m1/s1. The highest BCUT2D eigenvalue weighted by atomic mass is 32.2. The summed E-state index contributed by atoms with van der Waals surface area (Å²) in [5.74, 6) is -0.675. The highest BCUT2D eigenvalue weighted by Gasteiger charge is 2.55. The van der Waals surface area contributed by atoms with Gasteiger partial charge in [0.25, 0.3) is 0 Å². The third-order valence-electron chi connectivity index (χ3n) is 8.97. The van der Waals surface area contributed by atoms with Crippen LogP contribution in [0.25, 0.3) is 0 Å². The number of nitrogens with zero attached hydrogens (tertiary/aromatic N) is 2. The van der Waals surface area contributed by atoms with Crippen LogP contribution in [-0.2, 0) is 26.1 Å². The fourth-order valence-electron chi connectivity index (χ4n) is 6.08. The Kier molecular flexibility index (Phi) is 9.20. The number of likely N-dealkylation sites (tertiary alicyclic amines) is 1. The first kappa shape index (κ1) is 33.5. The number of aromatic nitrogens is 1. The van der Waals surface area contributed by atoms with Crippen molar-refractivity contribution in [1.29, 1.82) is 0 Å². The van der Waals surface area contributed by atoms with E-state index in [2.05, 4.69) is 15.0 Å². The van der Waals surface area contributed by atoms with Gasteiger partial charge in [-0.15, -0.1) is 0 Å². The molecule has 1 aromatic carbocycles. The van der Waals surface area contributed by atoms with E-state index in [0.29, 0.717) is 17.9 Å². The van der Waals surface area contributed by atoms with Gasteiger partial charge in [0, 0.05) is 18.8 Å². The molecule has 2 aliphatic carbocycles. The Morgan fingerprint density at radius 2 is 1.73 bits per heavy atom. The molecule has 5 rings (SSSR count). The van der Waals surface area contributed by atoms with Gasteiger partial charge in [0.05, 0.1) is 39.1 Å². The van der Waals surface area contributed by atoms with Gasteiger partial charge in [0.15, 0.2) is 0 Å². The van der Waals surface area contributed by atoms with Crippen LogP contribution in [0.2, 0.25) is 0 Å². The fraction of sp³-hybridized carbons (Fsp3) is 0.618. The molecule has 1 saturated heterocycles. The second-order valence-electron chi connectivity index (χ2n) is 15.0. The van der Waals surface area contributed by atoms with Crippen molar-refractivity contribution in [1.82, 2.24) is 14.6 Å². The molecular weight excluding hydrogens is 595 g/mol. The van der Waals surface area contributed by atoms with Crippen molar-refractivity contribution in [3.05, 3.63) is 59.7 Å². The van der Waals surface area contributed by atoms with Gasteiger partial charge in [-0.3, -0.25) is 14.7 Å². The molecule has 1 aliphatic heterocycles. The zero-order valence-electron chi connectivity index (χ0n) is 27.2. The van der Waals surface area contributed by atoms with Gasteiger partial charge >= 0.3 is 6.09 Å². The van der Waals surface area contributed by atoms with Crippen molar-refractivity contribution in [2.45, 2.75) is 114 Å². The smallest absolute Gasteiger partial charge is 0.411 e. The number of benzene rings is 1. The van der Waals surface area contributed by atoms with E-state index in [-0.39, 0.29) is 24.6 Å². The number of pyridine rings is 1. The number of carbonyl (C=O) groups is 2. The highest BCUT2D eigenvalue weighted by molar-refractivity contribution is 7.84. The number of carbonyl (C=O) groups excluding carboxylic acids is 2. The van der Waals surface area contributed by atoms with E-state index < -0.39 is 56.3 Å². The van der Waals surface area contributed by atoms with Gasteiger partial charge < -0.3 is 15.2 Å². The van der Waals surface area contributed by atoms with Crippen LogP contribution in [0.5, 0.6) is 0 Å². The number of anilines is 1. The largest absolute Gasteiger partial charge is 0.444 e. The summed E-state index contributed by atoms with van der Waals surface area (Å²) >= 11 is 0. The Morgan fingerprint density at radius 1 is 1.07 bits per heavy atom. The molecule has 246 valence electrons. The second-order valence-corrected chi connectivity index (χ2v) is 17.0. The topological polar surface area (TPSA) is 121 Å². The summed E-state index contributed by atoms with van der Waals surface area (Å²) in [7, 11) is -1.49. The molecule has 3 N–H and O–H groups in total. The van der Waals surface area contributed by atoms with Crippen molar-refractivity contribution in [3.8, 4) is 0 Å². The second kappa shape index (κ2) is 12.4. The molecule has 2 heterocycles. The number of amides is 2. The first-order valence-electron chi connectivity index (χ1n) is 15.9. The van der Waals surface area contributed by atoms with E-state index in [1.54, 1.807) is 45.3 Å². The predicted molar refractivity (Wildman–Crippen MR) is 172 cm³/mol. The van der Waals surface area contributed by atoms with Crippen molar-refractivity contribution in [3.63, 3.8) is 0 Å². The number of ether oxygens (including phenoxy) is 1. The highest BCUT2D eigenvalue weighted by Crippen LogP contribution is 2.47. The zero-order chi connectivity index (χ0) is 32.8. The van der Waals surface area contributed by atoms with E-state index in [1.807, 2.05) is 32.9 Å². The number of aliphatic hydroxyl groups is 1. The van der Waals surface area contributed by atoms with Crippen LogP contribution in [0.3, 0.4) is 0 Å². The molecule has 3 aliphatic rings. The van der Waals surface area contributed by atoms with E-state index >= 15 is 4.39 Å². The molecule has 0 radical (unpaired) electrons. The zero-order valence-corrected chi connectivity index (χ0v) is 28.0. The average molecular weight is 643 g/mol. The summed E-state index contributed by atoms with van der Waals surface area (Å²) in [6, 6.07) is 7.27. The fourth-order valence-corrected chi connectivity index (χ4v) is 7.04. The molecule has 11 heteroatoms. The molecule has 2 saturated carbocycles. The van der Waals surface area contributed by atoms with Crippen LogP contribution >= 0.6 is 0 Å². The minimum atomic E-state index is -1.49. The van der Waals surface area contributed by atoms with Gasteiger partial charge in [0.2, 0.25) is 5.91 Å². The third kappa shape index (κ3) is 7.74. The molecule has 3 fully saturated rings. The van der Waals surface area contributed by atoms with E-state index in [0.717, 1.165) is 37.7 Å². The van der Waals surface area contributed by atoms with E-state index in [4.69, 9.17) is 4.74 Å². The predicted octanol–water partition coefficient (Wildman–Crippen LogP) is 5.80. The molecule has 0 unspecified atom stereocenters. The molecule has 9 nitrogen and oxygen atoms in total. The number of hydrogen-bond acceptors (Lipinski definition) is 6. The number of halogens is 1. The summed E-state index contributed by atoms with van der Waals surface area (Å²) in [6.07, 6.45) is 8.12. The SMILES string of the molecule is CC(C)(C)OC(=O)N1C[C@@](O)(C2CC2)C[C@@H]1C(=O)Nc1cc([C@](CCC2CC2)(N[S@](=O)C(C)(C)C)c2ccncc2)ccc1F. The molecular formula is C34H47FN4O5S. The van der Waals surface area contributed by atoms with Crippen molar-refractivity contribution in [2.24, 2.45) is 11.8 Å². The van der Waals surface area contributed by atoms with Crippen LogP contribution in [-0.4, -0.2) is 59.7 Å². The number of rotatable bonds is 10. The Labute approximate surface area is 268 Å². The van der Waals surface area contributed by atoms with Gasteiger partial charge in [-0.25, -0.2) is 18.1 Å². The quantitative estimate of drug-likeness (QED) is 0.302. The molecule has 4 atom stereocenters. The Bertz CT molecular complexity index is 1440. The average Bonchev–Trinajstić information content (AvgIpc) is 3.89. The van der Waals surface area contributed by atoms with Crippen LogP contribution in [0.4, 0.5) is 14.9 Å². The van der Waals surface area contributed by atoms with Gasteiger partial charge in [-0.05, 0) is 114 Å². The Hall–Kier alpha value is -2.89. The molecule has 1 aromatic heterocycles. The number of nitrogens with one attached hydrogen (secondary N) is 2. The van der Waals surface area contributed by atoms with Crippen molar-refractivity contribution in [2.75, 3.05) is 11.9 Å². The molecule has 2 aromatic rings. The maximum Gasteiger partial charge on any atom is 0.411 e. The lowest BCUT2D eigenvalue weighted by atomic mass is 9.79. The maximum atomic E-state index is 15.5. The molecule has 2 amide bonds. The Morgan fingerprint density at radius 3 is 2.31 bits per heavy atom. The third-order valence-corrected chi connectivity index (χ3v) is 10.6. The number of hydrogen-bond donors (Lipinski definition) is 3. The summed E-state index contributed by atoms with van der Waals surface area (Å²) in [6.45, 7) is 10.9. The summed E-state index contributed by atoms with van der Waals surface area (Å²) < 4.78 is 37.6. The van der Waals surface area contributed by atoms with Gasteiger partial charge in [-0.2, -0.15) is 0 Å². The molecule has 45 heavy (non-hydrogen) atoms. The Balaban J connectivity index is 1.50. The van der Waals surface area contributed by atoms with Crippen molar-refractivity contribution < 1.29 is 28.0 Å². The van der Waals surface area contributed by atoms with Crippen LogP contribution in [0.1, 0.15) is 97.6 Å². The summed E-state index contributed by atoms with van der Waals surface area (Å²) in [5.41, 5.74) is -1.54. The number of β-amino-alcohol motifs (C(OH)–C–C–N with tert-alkyl or cyclic N) is 1. The van der Waals surface area contributed by atoms with E-state index in [1.165, 1.54) is 11.0 Å². The first-order chi connectivity index (χ1) is 21.0. The lowest BCUT2D eigenvalue weighted by Gasteiger charge is -2.38. The monoisotopic (exact) mass is 642 g/mol. The lowest BCUT2D eigenvalue weighted by Crippen LogP contribution is -2.49. The first-order valence-corrected chi connectivity index (χ1v) is 17.1. The van der Waals surface area contributed by atoms with Gasteiger partial charge in [-0.1, -0.05) is 18.9 Å². The minimum absolute atomic E-state index is 0.00232. The normalized spacial score (nSPS) is 24.2. The van der Waals surface area contributed by atoms with Crippen LogP contribution < -0.4 is 10.0 Å². The minimum Gasteiger partial charge on any atom is -0.444 e. The van der Waals surface area contributed by atoms with Gasteiger partial charge in [0.1, 0.15) is 17.5 Å². The molecule has 0 spiro atoms. The molecule has 0 bridgehead atoms. The lowest BCUT2D eigenvalue weighted by molar-refractivity contribution is -0.120. The summed E-state index contributed by atoms with van der Waals surface area (Å²) in [5, 5.41) is 14.1. The summed E-state index contributed by atoms with van der Waals surface area (Å²) in [4.78, 5) is 32.5. The van der Waals surface area contributed by atoms with E-state index in [9.17, 15) is 18.9 Å².